The number of carbonyl (C=O) groups is 1. The Hall–Kier alpha value is -2.92. The zero-order valence-electron chi connectivity index (χ0n) is 13.7. The molecule has 0 bridgehead atoms. The van der Waals surface area contributed by atoms with Crippen LogP contribution in [-0.4, -0.2) is 20.6 Å². The molecule has 1 amide bonds. The molecule has 2 heterocycles. The summed E-state index contributed by atoms with van der Waals surface area (Å²) in [5.41, 5.74) is 3.80. The lowest BCUT2D eigenvalue weighted by atomic mass is 10.2. The van der Waals surface area contributed by atoms with Crippen molar-refractivity contribution < 1.29 is 9.90 Å². The van der Waals surface area contributed by atoms with Crippen LogP contribution in [0.2, 0.25) is 0 Å². The van der Waals surface area contributed by atoms with Gasteiger partial charge in [0.1, 0.15) is 5.82 Å². The van der Waals surface area contributed by atoms with Gasteiger partial charge in [0, 0.05) is 23.3 Å². The second kappa shape index (κ2) is 6.68. The molecule has 0 atom stereocenters. The fourth-order valence-corrected chi connectivity index (χ4v) is 2.78. The van der Waals surface area contributed by atoms with Crippen LogP contribution in [0.3, 0.4) is 0 Å². The van der Waals surface area contributed by atoms with Gasteiger partial charge in [0.05, 0.1) is 12.2 Å². The van der Waals surface area contributed by atoms with Crippen LogP contribution in [0.15, 0.2) is 54.7 Å². The number of aromatic nitrogens is 2. The number of aliphatic hydroxyl groups excluding tert-OH is 1. The van der Waals surface area contributed by atoms with Crippen molar-refractivity contribution in [2.24, 2.45) is 0 Å². The second-order valence-corrected chi connectivity index (χ2v) is 5.62. The SMILES string of the molecule is Cc1cc(C(=O)Nc2cccc(CO)c2)c(C)n1-c1ccccn1. The Morgan fingerprint density at radius 3 is 2.71 bits per heavy atom. The highest BCUT2D eigenvalue weighted by molar-refractivity contribution is 6.05. The third kappa shape index (κ3) is 3.07. The third-order valence-electron chi connectivity index (χ3n) is 3.92. The van der Waals surface area contributed by atoms with Gasteiger partial charge >= 0.3 is 0 Å². The molecule has 0 fully saturated rings. The van der Waals surface area contributed by atoms with Crippen LogP contribution in [0.4, 0.5) is 5.69 Å². The standard InChI is InChI=1S/C19H19N3O2/c1-13-10-17(14(2)22(13)18-8-3-4-9-20-18)19(24)21-16-7-5-6-15(11-16)12-23/h3-11,23H,12H2,1-2H3,(H,21,24). The van der Waals surface area contributed by atoms with Crippen molar-refractivity contribution in [2.75, 3.05) is 5.32 Å². The number of hydrogen-bond donors (Lipinski definition) is 2. The quantitative estimate of drug-likeness (QED) is 0.775. The summed E-state index contributed by atoms with van der Waals surface area (Å²) < 4.78 is 1.96. The van der Waals surface area contributed by atoms with Gasteiger partial charge in [-0.2, -0.15) is 0 Å². The number of nitrogens with zero attached hydrogens (tertiary/aromatic N) is 2. The largest absolute Gasteiger partial charge is 0.392 e. The number of hydrogen-bond acceptors (Lipinski definition) is 3. The number of anilines is 1. The maximum Gasteiger partial charge on any atom is 0.257 e. The van der Waals surface area contributed by atoms with Crippen LogP contribution in [0.25, 0.3) is 5.82 Å². The molecule has 1 aromatic carbocycles. The molecule has 3 rings (SSSR count). The Kier molecular flexibility index (Phi) is 4.44. The first-order chi connectivity index (χ1) is 11.6. The van der Waals surface area contributed by atoms with E-state index in [-0.39, 0.29) is 12.5 Å². The smallest absolute Gasteiger partial charge is 0.257 e. The Morgan fingerprint density at radius 1 is 1.17 bits per heavy atom. The molecule has 2 N–H and O–H groups in total. The number of carbonyl (C=O) groups excluding carboxylic acids is 1. The van der Waals surface area contributed by atoms with Crippen molar-refractivity contribution in [1.29, 1.82) is 0 Å². The van der Waals surface area contributed by atoms with E-state index in [4.69, 9.17) is 0 Å². The predicted octanol–water partition coefficient (Wildman–Crippen LogP) is 3.23. The normalized spacial score (nSPS) is 10.6. The first kappa shape index (κ1) is 16.0. The molecular weight excluding hydrogens is 302 g/mol. The monoisotopic (exact) mass is 321 g/mol. The summed E-state index contributed by atoms with van der Waals surface area (Å²) in [6.07, 6.45) is 1.73. The number of amides is 1. The summed E-state index contributed by atoms with van der Waals surface area (Å²) in [7, 11) is 0. The van der Waals surface area contributed by atoms with Gasteiger partial charge in [-0.05, 0) is 49.7 Å². The van der Waals surface area contributed by atoms with Crippen molar-refractivity contribution in [1.82, 2.24) is 9.55 Å². The Labute approximate surface area is 140 Å². The highest BCUT2D eigenvalue weighted by atomic mass is 16.3. The van der Waals surface area contributed by atoms with Gasteiger partial charge < -0.3 is 15.0 Å². The molecule has 0 spiro atoms. The molecule has 5 nitrogen and oxygen atoms in total. The average Bonchev–Trinajstić information content (AvgIpc) is 2.90. The predicted molar refractivity (Wildman–Crippen MR) is 93.4 cm³/mol. The van der Waals surface area contributed by atoms with Crippen LogP contribution < -0.4 is 5.32 Å². The van der Waals surface area contributed by atoms with Gasteiger partial charge in [-0.25, -0.2) is 4.98 Å². The first-order valence-electron chi connectivity index (χ1n) is 7.71. The highest BCUT2D eigenvalue weighted by Crippen LogP contribution is 2.21. The van der Waals surface area contributed by atoms with Crippen molar-refractivity contribution >= 4 is 11.6 Å². The summed E-state index contributed by atoms with van der Waals surface area (Å²) in [5, 5.41) is 12.1. The van der Waals surface area contributed by atoms with Crippen molar-refractivity contribution in [3.8, 4) is 5.82 Å². The number of pyridine rings is 1. The van der Waals surface area contributed by atoms with E-state index in [1.165, 1.54) is 0 Å². The molecule has 0 aliphatic rings. The van der Waals surface area contributed by atoms with Gasteiger partial charge in [-0.1, -0.05) is 18.2 Å². The van der Waals surface area contributed by atoms with Crippen molar-refractivity contribution in [3.05, 3.63) is 77.2 Å². The molecule has 24 heavy (non-hydrogen) atoms. The van der Waals surface area contributed by atoms with E-state index in [1.807, 2.05) is 48.7 Å². The number of aryl methyl sites for hydroxylation is 1. The van der Waals surface area contributed by atoms with Crippen LogP contribution in [0, 0.1) is 13.8 Å². The van der Waals surface area contributed by atoms with E-state index in [0.29, 0.717) is 11.3 Å². The van der Waals surface area contributed by atoms with Crippen LogP contribution in [0.1, 0.15) is 27.3 Å². The molecule has 0 radical (unpaired) electrons. The summed E-state index contributed by atoms with van der Waals surface area (Å²) in [6, 6.07) is 14.7. The maximum atomic E-state index is 12.6. The zero-order valence-corrected chi connectivity index (χ0v) is 13.7. The number of benzene rings is 1. The van der Waals surface area contributed by atoms with E-state index < -0.39 is 0 Å². The molecule has 0 aliphatic heterocycles. The van der Waals surface area contributed by atoms with Gasteiger partial charge in [0.15, 0.2) is 0 Å². The zero-order chi connectivity index (χ0) is 17.1. The average molecular weight is 321 g/mol. The van der Waals surface area contributed by atoms with Crippen molar-refractivity contribution in [3.63, 3.8) is 0 Å². The van der Waals surface area contributed by atoms with E-state index >= 15 is 0 Å². The summed E-state index contributed by atoms with van der Waals surface area (Å²) in [5.74, 6) is 0.606. The Morgan fingerprint density at radius 2 is 2.00 bits per heavy atom. The molecular formula is C19H19N3O2. The van der Waals surface area contributed by atoms with Crippen LogP contribution >= 0.6 is 0 Å². The van der Waals surface area contributed by atoms with Gasteiger partial charge in [-0.3, -0.25) is 4.79 Å². The molecule has 0 unspecified atom stereocenters. The second-order valence-electron chi connectivity index (χ2n) is 5.62. The molecule has 5 heteroatoms. The molecule has 2 aromatic heterocycles. The summed E-state index contributed by atoms with van der Waals surface area (Å²) in [6.45, 7) is 3.80. The Bertz CT molecular complexity index is 870. The van der Waals surface area contributed by atoms with E-state index in [1.54, 1.807) is 24.4 Å². The van der Waals surface area contributed by atoms with E-state index in [2.05, 4.69) is 10.3 Å². The first-order valence-corrected chi connectivity index (χ1v) is 7.71. The van der Waals surface area contributed by atoms with E-state index in [9.17, 15) is 9.90 Å². The topological polar surface area (TPSA) is 67.2 Å². The number of rotatable bonds is 4. The molecule has 122 valence electrons. The van der Waals surface area contributed by atoms with E-state index in [0.717, 1.165) is 22.8 Å². The number of nitrogens with one attached hydrogen (secondary N) is 1. The molecule has 3 aromatic rings. The molecule has 0 aliphatic carbocycles. The fraction of sp³-hybridized carbons (Fsp3) is 0.158. The minimum Gasteiger partial charge on any atom is -0.392 e. The molecule has 0 saturated carbocycles. The minimum absolute atomic E-state index is 0.0576. The van der Waals surface area contributed by atoms with Gasteiger partial charge in [0.2, 0.25) is 0 Å². The molecule has 0 saturated heterocycles. The van der Waals surface area contributed by atoms with Crippen LogP contribution in [0.5, 0.6) is 0 Å². The lowest BCUT2D eigenvalue weighted by molar-refractivity contribution is 0.102. The van der Waals surface area contributed by atoms with Crippen molar-refractivity contribution in [2.45, 2.75) is 20.5 Å². The van der Waals surface area contributed by atoms with Gasteiger partial charge in [0.25, 0.3) is 5.91 Å². The third-order valence-corrected chi connectivity index (χ3v) is 3.92. The van der Waals surface area contributed by atoms with Gasteiger partial charge in [-0.15, -0.1) is 0 Å². The lowest BCUT2D eigenvalue weighted by Gasteiger charge is -2.09. The minimum atomic E-state index is -0.180. The fourth-order valence-electron chi connectivity index (χ4n) is 2.78. The Balaban J connectivity index is 1.91. The maximum absolute atomic E-state index is 12.6. The number of aliphatic hydroxyl groups is 1. The highest BCUT2D eigenvalue weighted by Gasteiger charge is 2.17. The summed E-state index contributed by atoms with van der Waals surface area (Å²) >= 11 is 0. The summed E-state index contributed by atoms with van der Waals surface area (Å²) in [4.78, 5) is 17.0. The van der Waals surface area contributed by atoms with Crippen LogP contribution in [-0.2, 0) is 6.61 Å². The lowest BCUT2D eigenvalue weighted by Crippen LogP contribution is -2.13.